The zero-order valence-electron chi connectivity index (χ0n) is 11.9. The number of rotatable bonds is 3. The molecule has 6 nitrogen and oxygen atoms in total. The summed E-state index contributed by atoms with van der Waals surface area (Å²) in [5.41, 5.74) is 2.29. The van der Waals surface area contributed by atoms with E-state index in [-0.39, 0.29) is 6.61 Å². The van der Waals surface area contributed by atoms with Crippen LogP contribution < -0.4 is 0 Å². The Kier molecular flexibility index (Phi) is 3.65. The molecule has 3 rings (SSSR count). The molecule has 2 aromatic heterocycles. The number of nitrogens with zero attached hydrogens (tertiary/aromatic N) is 1. The molecule has 0 unspecified atom stereocenters. The molecule has 6 heteroatoms. The third-order valence-electron chi connectivity index (χ3n) is 3.32. The van der Waals surface area contributed by atoms with Crippen LogP contribution in [0.5, 0.6) is 0 Å². The minimum absolute atomic E-state index is 0.164. The Labute approximate surface area is 126 Å². The molecule has 0 saturated heterocycles. The molecule has 0 aliphatic heterocycles. The molecule has 0 atom stereocenters. The second-order valence-electron chi connectivity index (χ2n) is 4.68. The van der Waals surface area contributed by atoms with Gasteiger partial charge in [0, 0.05) is 12.4 Å². The standard InChI is InChI=1S/C16H14N2O4/c1-21-15(19)12-9-18(13-7-8-17-14(12)13)16(20)22-10-11-5-3-2-4-6-11/h2-9,17H,10H2,1H3. The summed E-state index contributed by atoms with van der Waals surface area (Å²) in [6.45, 7) is 0.164. The van der Waals surface area contributed by atoms with Gasteiger partial charge < -0.3 is 14.5 Å². The van der Waals surface area contributed by atoms with Crippen LogP contribution in [0.2, 0.25) is 0 Å². The van der Waals surface area contributed by atoms with E-state index in [4.69, 9.17) is 9.47 Å². The van der Waals surface area contributed by atoms with Gasteiger partial charge in [-0.3, -0.25) is 4.57 Å². The number of fused-ring (bicyclic) bond motifs is 1. The number of benzene rings is 1. The largest absolute Gasteiger partial charge is 0.465 e. The second-order valence-corrected chi connectivity index (χ2v) is 4.68. The first-order valence-corrected chi connectivity index (χ1v) is 6.68. The van der Waals surface area contributed by atoms with Gasteiger partial charge in [0.1, 0.15) is 12.2 Å². The first-order chi connectivity index (χ1) is 10.7. The molecular formula is C16H14N2O4. The lowest BCUT2D eigenvalue weighted by atomic mass is 10.2. The maximum Gasteiger partial charge on any atom is 0.418 e. The van der Waals surface area contributed by atoms with Gasteiger partial charge in [0.05, 0.1) is 18.1 Å². The minimum Gasteiger partial charge on any atom is -0.465 e. The molecule has 0 spiro atoms. The maximum atomic E-state index is 12.2. The Hall–Kier alpha value is -3.02. The minimum atomic E-state index is -0.552. The number of carbonyl (C=O) groups is 2. The van der Waals surface area contributed by atoms with Crippen molar-refractivity contribution in [2.75, 3.05) is 7.11 Å². The lowest BCUT2D eigenvalue weighted by molar-refractivity contribution is 0.0602. The van der Waals surface area contributed by atoms with Gasteiger partial charge >= 0.3 is 12.1 Å². The molecule has 1 N–H and O–H groups in total. The van der Waals surface area contributed by atoms with Crippen molar-refractivity contribution in [2.24, 2.45) is 0 Å². The van der Waals surface area contributed by atoms with Gasteiger partial charge in [-0.2, -0.15) is 0 Å². The Morgan fingerprint density at radius 3 is 2.68 bits per heavy atom. The molecule has 0 bridgehead atoms. The number of H-pyrrole nitrogens is 1. The number of ether oxygens (including phenoxy) is 2. The van der Waals surface area contributed by atoms with Gasteiger partial charge in [-0.15, -0.1) is 0 Å². The van der Waals surface area contributed by atoms with Crippen LogP contribution in [0.15, 0.2) is 48.8 Å². The van der Waals surface area contributed by atoms with Crippen LogP contribution in [0.3, 0.4) is 0 Å². The predicted octanol–water partition coefficient (Wildman–Crippen LogP) is 2.94. The van der Waals surface area contributed by atoms with Crippen molar-refractivity contribution < 1.29 is 19.1 Å². The van der Waals surface area contributed by atoms with Crippen LogP contribution >= 0.6 is 0 Å². The van der Waals surface area contributed by atoms with E-state index in [1.807, 2.05) is 30.3 Å². The molecule has 0 aliphatic carbocycles. The number of aromatic nitrogens is 2. The lowest BCUT2D eigenvalue weighted by Crippen LogP contribution is -2.12. The van der Waals surface area contributed by atoms with Crippen LogP contribution in [0, 0.1) is 0 Å². The monoisotopic (exact) mass is 298 g/mol. The van der Waals surface area contributed by atoms with Crippen LogP contribution in [0.1, 0.15) is 15.9 Å². The van der Waals surface area contributed by atoms with Gasteiger partial charge in [0.25, 0.3) is 0 Å². The zero-order valence-corrected chi connectivity index (χ0v) is 11.9. The quantitative estimate of drug-likeness (QED) is 0.754. The zero-order chi connectivity index (χ0) is 15.5. The maximum absolute atomic E-state index is 12.2. The van der Waals surface area contributed by atoms with E-state index < -0.39 is 12.1 Å². The van der Waals surface area contributed by atoms with Crippen molar-refractivity contribution in [3.05, 3.63) is 59.9 Å². The smallest absolute Gasteiger partial charge is 0.418 e. The molecule has 0 radical (unpaired) electrons. The fourth-order valence-corrected chi connectivity index (χ4v) is 2.25. The van der Waals surface area contributed by atoms with Crippen LogP contribution in [-0.2, 0) is 16.1 Å². The van der Waals surface area contributed by atoms with E-state index in [1.165, 1.54) is 17.9 Å². The van der Waals surface area contributed by atoms with Crippen molar-refractivity contribution in [3.63, 3.8) is 0 Å². The van der Waals surface area contributed by atoms with Crippen molar-refractivity contribution in [3.8, 4) is 0 Å². The van der Waals surface area contributed by atoms with E-state index in [1.54, 1.807) is 12.3 Å². The van der Waals surface area contributed by atoms with E-state index in [0.717, 1.165) is 5.56 Å². The molecule has 0 aliphatic rings. The van der Waals surface area contributed by atoms with Crippen molar-refractivity contribution in [1.29, 1.82) is 0 Å². The molecule has 0 fully saturated rings. The van der Waals surface area contributed by atoms with E-state index >= 15 is 0 Å². The average Bonchev–Trinajstić information content (AvgIpc) is 3.15. The van der Waals surface area contributed by atoms with Gasteiger partial charge in [0.2, 0.25) is 0 Å². The summed E-state index contributed by atoms with van der Waals surface area (Å²) >= 11 is 0. The number of aromatic amines is 1. The Morgan fingerprint density at radius 1 is 1.18 bits per heavy atom. The van der Waals surface area contributed by atoms with Gasteiger partial charge in [0.15, 0.2) is 0 Å². The highest BCUT2D eigenvalue weighted by molar-refractivity contribution is 6.05. The third kappa shape index (κ3) is 2.46. The summed E-state index contributed by atoms with van der Waals surface area (Å²) < 4.78 is 11.3. The van der Waals surface area contributed by atoms with Crippen LogP contribution in [0.25, 0.3) is 11.0 Å². The van der Waals surface area contributed by atoms with E-state index in [0.29, 0.717) is 16.6 Å². The summed E-state index contributed by atoms with van der Waals surface area (Å²) in [5, 5.41) is 0. The number of carbonyl (C=O) groups excluding carboxylic acids is 2. The van der Waals surface area contributed by atoms with Gasteiger partial charge in [-0.1, -0.05) is 30.3 Å². The number of esters is 1. The molecule has 0 amide bonds. The fourth-order valence-electron chi connectivity index (χ4n) is 2.25. The summed E-state index contributed by atoms with van der Waals surface area (Å²) in [6.07, 6.45) is 2.52. The van der Waals surface area contributed by atoms with Crippen molar-refractivity contribution in [2.45, 2.75) is 6.61 Å². The van der Waals surface area contributed by atoms with Gasteiger partial charge in [-0.25, -0.2) is 9.59 Å². The highest BCUT2D eigenvalue weighted by Crippen LogP contribution is 2.21. The first-order valence-electron chi connectivity index (χ1n) is 6.68. The van der Waals surface area contributed by atoms with E-state index in [9.17, 15) is 9.59 Å². The molecule has 0 saturated carbocycles. The highest BCUT2D eigenvalue weighted by Gasteiger charge is 2.20. The molecule has 22 heavy (non-hydrogen) atoms. The Bertz CT molecular complexity index is 817. The Morgan fingerprint density at radius 2 is 1.95 bits per heavy atom. The number of hydrogen-bond donors (Lipinski definition) is 1. The normalized spacial score (nSPS) is 10.6. The molecule has 1 aromatic carbocycles. The average molecular weight is 298 g/mol. The fraction of sp³-hybridized carbons (Fsp3) is 0.125. The highest BCUT2D eigenvalue weighted by atomic mass is 16.5. The van der Waals surface area contributed by atoms with Gasteiger partial charge in [-0.05, 0) is 11.6 Å². The number of methoxy groups -OCH3 is 1. The third-order valence-corrected chi connectivity index (χ3v) is 3.32. The molecule has 3 aromatic rings. The second kappa shape index (κ2) is 5.77. The lowest BCUT2D eigenvalue weighted by Gasteiger charge is -2.05. The molecule has 112 valence electrons. The topological polar surface area (TPSA) is 73.3 Å². The molecular weight excluding hydrogens is 284 g/mol. The predicted molar refractivity (Wildman–Crippen MR) is 79.7 cm³/mol. The summed E-state index contributed by atoms with van der Waals surface area (Å²) in [5.74, 6) is -0.512. The summed E-state index contributed by atoms with van der Waals surface area (Å²) in [6, 6.07) is 11.1. The first kappa shape index (κ1) is 13.9. The number of hydrogen-bond acceptors (Lipinski definition) is 4. The SMILES string of the molecule is COC(=O)c1cn(C(=O)OCc2ccccc2)c2cc[nH]c12. The molecule has 2 heterocycles. The summed E-state index contributed by atoms with van der Waals surface area (Å²) in [7, 11) is 1.29. The van der Waals surface area contributed by atoms with E-state index in [2.05, 4.69) is 4.98 Å². The van der Waals surface area contributed by atoms with Crippen LogP contribution in [0.4, 0.5) is 4.79 Å². The van der Waals surface area contributed by atoms with Crippen molar-refractivity contribution in [1.82, 2.24) is 9.55 Å². The van der Waals surface area contributed by atoms with Crippen LogP contribution in [-0.4, -0.2) is 28.7 Å². The van der Waals surface area contributed by atoms with Crippen molar-refractivity contribution >= 4 is 23.1 Å². The number of nitrogens with one attached hydrogen (secondary N) is 1. The summed E-state index contributed by atoms with van der Waals surface area (Å²) in [4.78, 5) is 26.9. The Balaban J connectivity index is 1.85.